The normalized spacial score (nSPS) is 17.5. The Hall–Kier alpha value is -2.54. The molecule has 6 nitrogen and oxygen atoms in total. The second-order valence-electron chi connectivity index (χ2n) is 6.15. The van der Waals surface area contributed by atoms with Gasteiger partial charge >= 0.3 is 0 Å². The molecule has 1 aromatic heterocycles. The van der Waals surface area contributed by atoms with E-state index in [0.29, 0.717) is 18.7 Å². The number of aromatic nitrogens is 2. The first-order valence-electron chi connectivity index (χ1n) is 8.23. The van der Waals surface area contributed by atoms with Crippen molar-refractivity contribution in [3.8, 4) is 11.1 Å². The molecule has 0 aliphatic carbocycles. The summed E-state index contributed by atoms with van der Waals surface area (Å²) >= 11 is 0. The average Bonchev–Trinajstić information content (AvgIpc) is 2.62. The van der Waals surface area contributed by atoms with Crippen LogP contribution in [-0.2, 0) is 9.53 Å². The van der Waals surface area contributed by atoms with Gasteiger partial charge < -0.3 is 15.4 Å². The number of amides is 1. The molecular weight excluding hydrogens is 323 g/mol. The minimum Gasteiger partial charge on any atom is -0.375 e. The largest absolute Gasteiger partial charge is 0.375 e. The zero-order valence-corrected chi connectivity index (χ0v) is 14.1. The summed E-state index contributed by atoms with van der Waals surface area (Å²) in [4.78, 5) is 22.4. The molecule has 2 aromatic rings. The van der Waals surface area contributed by atoms with Crippen LogP contribution in [0, 0.1) is 5.82 Å². The van der Waals surface area contributed by atoms with E-state index in [4.69, 9.17) is 10.5 Å². The SMILES string of the molecule is COCC(=O)N1CCCC(c2nc(N)ncc2-c2cccc(F)c2)C1. The van der Waals surface area contributed by atoms with Crippen LogP contribution in [0.3, 0.4) is 0 Å². The molecule has 25 heavy (non-hydrogen) atoms. The quantitative estimate of drug-likeness (QED) is 0.920. The zero-order chi connectivity index (χ0) is 17.8. The summed E-state index contributed by atoms with van der Waals surface area (Å²) in [5.74, 6) is -0.157. The van der Waals surface area contributed by atoms with Gasteiger partial charge in [0.2, 0.25) is 11.9 Å². The third-order valence-electron chi connectivity index (χ3n) is 4.40. The third kappa shape index (κ3) is 3.93. The molecule has 3 rings (SSSR count). The number of carbonyl (C=O) groups excluding carboxylic acids is 1. The second-order valence-corrected chi connectivity index (χ2v) is 6.15. The van der Waals surface area contributed by atoms with E-state index in [-0.39, 0.29) is 30.2 Å². The molecule has 1 aliphatic heterocycles. The number of nitrogens with two attached hydrogens (primary N) is 1. The predicted octanol–water partition coefficient (Wildman–Crippen LogP) is 2.22. The van der Waals surface area contributed by atoms with Gasteiger partial charge in [0.25, 0.3) is 0 Å². The molecule has 0 radical (unpaired) electrons. The number of halogens is 1. The molecule has 0 saturated carbocycles. The van der Waals surface area contributed by atoms with E-state index in [1.165, 1.54) is 19.2 Å². The second kappa shape index (κ2) is 7.57. The molecular formula is C18H21FN4O2. The first kappa shape index (κ1) is 17.3. The van der Waals surface area contributed by atoms with Crippen LogP contribution < -0.4 is 5.73 Å². The van der Waals surface area contributed by atoms with Crippen molar-refractivity contribution >= 4 is 11.9 Å². The number of methoxy groups -OCH3 is 1. The van der Waals surface area contributed by atoms with Crippen molar-refractivity contribution in [3.05, 3.63) is 42.0 Å². The first-order valence-corrected chi connectivity index (χ1v) is 8.23. The molecule has 132 valence electrons. The van der Waals surface area contributed by atoms with Crippen LogP contribution in [0.1, 0.15) is 24.5 Å². The number of nitrogens with zero attached hydrogens (tertiary/aromatic N) is 3. The highest BCUT2D eigenvalue weighted by atomic mass is 19.1. The summed E-state index contributed by atoms with van der Waals surface area (Å²) in [7, 11) is 1.51. The molecule has 1 aromatic carbocycles. The number of rotatable bonds is 4. The van der Waals surface area contributed by atoms with Crippen LogP contribution in [0.15, 0.2) is 30.5 Å². The summed E-state index contributed by atoms with van der Waals surface area (Å²) in [6, 6.07) is 6.32. The van der Waals surface area contributed by atoms with Gasteiger partial charge in [-0.05, 0) is 30.5 Å². The topological polar surface area (TPSA) is 81.3 Å². The Morgan fingerprint density at radius 3 is 3.08 bits per heavy atom. The van der Waals surface area contributed by atoms with Crippen molar-refractivity contribution in [2.75, 3.05) is 32.5 Å². The minimum atomic E-state index is -0.319. The van der Waals surface area contributed by atoms with Crippen molar-refractivity contribution in [1.29, 1.82) is 0 Å². The Balaban J connectivity index is 1.93. The van der Waals surface area contributed by atoms with Crippen LogP contribution in [-0.4, -0.2) is 47.6 Å². The highest BCUT2D eigenvalue weighted by Crippen LogP contribution is 2.33. The van der Waals surface area contributed by atoms with Crippen molar-refractivity contribution in [3.63, 3.8) is 0 Å². The molecule has 1 atom stereocenters. The standard InChI is InChI=1S/C18H21FN4O2/c1-25-11-16(24)23-7-3-5-13(10-23)17-15(9-21-18(20)22-17)12-4-2-6-14(19)8-12/h2,4,6,8-9,13H,3,5,7,10-11H2,1H3,(H2,20,21,22). The Morgan fingerprint density at radius 2 is 2.32 bits per heavy atom. The lowest BCUT2D eigenvalue weighted by Crippen LogP contribution is -2.41. The van der Waals surface area contributed by atoms with Crippen molar-refractivity contribution in [2.45, 2.75) is 18.8 Å². The van der Waals surface area contributed by atoms with Crippen LogP contribution in [0.2, 0.25) is 0 Å². The van der Waals surface area contributed by atoms with E-state index in [1.807, 2.05) is 6.07 Å². The molecule has 7 heteroatoms. The Labute approximate surface area is 145 Å². The van der Waals surface area contributed by atoms with Crippen LogP contribution >= 0.6 is 0 Å². The maximum absolute atomic E-state index is 13.6. The summed E-state index contributed by atoms with van der Waals surface area (Å²) in [6.07, 6.45) is 3.38. The van der Waals surface area contributed by atoms with Gasteiger partial charge in [-0.25, -0.2) is 14.4 Å². The van der Waals surface area contributed by atoms with Crippen molar-refractivity contribution in [2.24, 2.45) is 0 Å². The van der Waals surface area contributed by atoms with Gasteiger partial charge in [0, 0.05) is 37.9 Å². The lowest BCUT2D eigenvalue weighted by Gasteiger charge is -2.33. The molecule has 2 heterocycles. The summed E-state index contributed by atoms with van der Waals surface area (Å²) in [5, 5.41) is 0. The van der Waals surface area contributed by atoms with Gasteiger partial charge in [0.05, 0.1) is 5.69 Å². The van der Waals surface area contributed by atoms with Gasteiger partial charge in [-0.2, -0.15) is 0 Å². The molecule has 1 aliphatic rings. The summed E-state index contributed by atoms with van der Waals surface area (Å²) in [6.45, 7) is 1.31. The third-order valence-corrected chi connectivity index (χ3v) is 4.40. The number of benzene rings is 1. The average molecular weight is 344 g/mol. The Bertz CT molecular complexity index is 768. The molecule has 1 fully saturated rings. The number of anilines is 1. The van der Waals surface area contributed by atoms with Gasteiger partial charge in [0.15, 0.2) is 0 Å². The maximum Gasteiger partial charge on any atom is 0.248 e. The van der Waals surface area contributed by atoms with Gasteiger partial charge in [-0.1, -0.05) is 12.1 Å². The minimum absolute atomic E-state index is 0.0260. The van der Waals surface area contributed by atoms with Crippen LogP contribution in [0.4, 0.5) is 10.3 Å². The Morgan fingerprint density at radius 1 is 1.48 bits per heavy atom. The first-order chi connectivity index (χ1) is 12.1. The van der Waals surface area contributed by atoms with Gasteiger partial charge in [-0.15, -0.1) is 0 Å². The number of piperidine rings is 1. The van der Waals surface area contributed by atoms with Gasteiger partial charge in [-0.3, -0.25) is 4.79 Å². The molecule has 1 unspecified atom stereocenters. The monoisotopic (exact) mass is 344 g/mol. The van der Waals surface area contributed by atoms with E-state index < -0.39 is 0 Å². The Kier molecular flexibility index (Phi) is 5.23. The smallest absolute Gasteiger partial charge is 0.248 e. The fourth-order valence-electron chi connectivity index (χ4n) is 3.24. The molecule has 1 saturated heterocycles. The summed E-state index contributed by atoms with van der Waals surface area (Å²) in [5.41, 5.74) is 8.00. The van der Waals surface area contributed by atoms with E-state index in [2.05, 4.69) is 9.97 Å². The van der Waals surface area contributed by atoms with Crippen LogP contribution in [0.25, 0.3) is 11.1 Å². The number of nitrogen functional groups attached to an aromatic ring is 1. The predicted molar refractivity (Wildman–Crippen MR) is 92.3 cm³/mol. The fourth-order valence-corrected chi connectivity index (χ4v) is 3.24. The van der Waals surface area contributed by atoms with Gasteiger partial charge in [0.1, 0.15) is 12.4 Å². The maximum atomic E-state index is 13.6. The van der Waals surface area contributed by atoms with Crippen molar-refractivity contribution < 1.29 is 13.9 Å². The number of likely N-dealkylation sites (tertiary alicyclic amines) is 1. The van der Waals surface area contributed by atoms with E-state index in [1.54, 1.807) is 17.2 Å². The highest BCUT2D eigenvalue weighted by molar-refractivity contribution is 5.77. The number of hydrogen-bond acceptors (Lipinski definition) is 5. The molecule has 0 spiro atoms. The number of ether oxygens (including phenoxy) is 1. The fraction of sp³-hybridized carbons (Fsp3) is 0.389. The molecule has 1 amide bonds. The zero-order valence-electron chi connectivity index (χ0n) is 14.1. The highest BCUT2D eigenvalue weighted by Gasteiger charge is 2.28. The van der Waals surface area contributed by atoms with E-state index >= 15 is 0 Å². The van der Waals surface area contributed by atoms with Crippen LogP contribution in [0.5, 0.6) is 0 Å². The lowest BCUT2D eigenvalue weighted by atomic mass is 9.90. The van der Waals surface area contributed by atoms with E-state index in [9.17, 15) is 9.18 Å². The van der Waals surface area contributed by atoms with Crippen molar-refractivity contribution in [1.82, 2.24) is 14.9 Å². The molecule has 2 N–H and O–H groups in total. The summed E-state index contributed by atoms with van der Waals surface area (Å²) < 4.78 is 18.6. The lowest BCUT2D eigenvalue weighted by molar-refractivity contribution is -0.136. The molecule has 0 bridgehead atoms. The van der Waals surface area contributed by atoms with E-state index in [0.717, 1.165) is 24.1 Å². The number of hydrogen-bond donors (Lipinski definition) is 1. The number of carbonyl (C=O) groups is 1.